The molecule has 1 rings (SSSR count). The molecule has 0 fully saturated rings. The predicted octanol–water partition coefficient (Wildman–Crippen LogP) is 1.75. The average Bonchev–Trinajstić information content (AvgIpc) is 2.36. The van der Waals surface area contributed by atoms with Gasteiger partial charge in [0.2, 0.25) is 11.8 Å². The molecule has 112 valence electrons. The van der Waals surface area contributed by atoms with Gasteiger partial charge in [-0.05, 0) is 6.07 Å². The van der Waals surface area contributed by atoms with Crippen molar-refractivity contribution in [2.75, 3.05) is 26.9 Å². The lowest BCUT2D eigenvalue weighted by atomic mass is 10.3. The van der Waals surface area contributed by atoms with Gasteiger partial charge in [0.1, 0.15) is 12.2 Å². The normalized spacial score (nSPS) is 11.2. The maximum Gasteiger partial charge on any atom is 0.422 e. The van der Waals surface area contributed by atoms with Crippen LogP contribution >= 0.6 is 0 Å². The first kappa shape index (κ1) is 16.0. The highest BCUT2D eigenvalue weighted by Gasteiger charge is 2.29. The SMILES string of the molecule is COCCOc1nc(OCC(F)(F)F)ccc1C(=O)O. The second kappa shape index (κ2) is 6.94. The van der Waals surface area contributed by atoms with Crippen molar-refractivity contribution < 1.29 is 37.3 Å². The number of methoxy groups -OCH3 is 1. The van der Waals surface area contributed by atoms with Crippen LogP contribution in [0.2, 0.25) is 0 Å². The summed E-state index contributed by atoms with van der Waals surface area (Å²) in [4.78, 5) is 14.5. The number of rotatable bonds is 7. The Morgan fingerprint density at radius 3 is 2.55 bits per heavy atom. The third-order valence-electron chi connectivity index (χ3n) is 1.98. The monoisotopic (exact) mass is 295 g/mol. The molecule has 1 heterocycles. The first-order valence-corrected chi connectivity index (χ1v) is 5.39. The van der Waals surface area contributed by atoms with Crippen molar-refractivity contribution in [3.05, 3.63) is 17.7 Å². The molecule has 0 aliphatic rings. The Morgan fingerprint density at radius 1 is 1.30 bits per heavy atom. The van der Waals surface area contributed by atoms with Crippen LogP contribution in [0.1, 0.15) is 10.4 Å². The van der Waals surface area contributed by atoms with Crippen molar-refractivity contribution in [2.24, 2.45) is 0 Å². The number of aromatic carboxylic acids is 1. The molecular weight excluding hydrogens is 283 g/mol. The number of ether oxygens (including phenoxy) is 3. The molecule has 9 heteroatoms. The van der Waals surface area contributed by atoms with E-state index in [0.717, 1.165) is 12.1 Å². The Morgan fingerprint density at radius 2 is 2.00 bits per heavy atom. The minimum Gasteiger partial charge on any atom is -0.477 e. The van der Waals surface area contributed by atoms with Crippen molar-refractivity contribution in [1.29, 1.82) is 0 Å². The van der Waals surface area contributed by atoms with Gasteiger partial charge in [-0.3, -0.25) is 0 Å². The Labute approximate surface area is 112 Å². The van der Waals surface area contributed by atoms with Gasteiger partial charge < -0.3 is 19.3 Å². The van der Waals surface area contributed by atoms with Gasteiger partial charge in [0.25, 0.3) is 0 Å². The number of alkyl halides is 3. The van der Waals surface area contributed by atoms with E-state index in [4.69, 9.17) is 14.6 Å². The predicted molar refractivity (Wildman–Crippen MR) is 60.1 cm³/mol. The molecule has 0 saturated carbocycles. The minimum absolute atomic E-state index is 0.00645. The summed E-state index contributed by atoms with van der Waals surface area (Å²) in [5.74, 6) is -2.01. The lowest BCUT2D eigenvalue weighted by Crippen LogP contribution is -2.20. The number of carboxylic acids is 1. The van der Waals surface area contributed by atoms with Crippen molar-refractivity contribution in [2.45, 2.75) is 6.18 Å². The third-order valence-corrected chi connectivity index (χ3v) is 1.98. The molecule has 1 N–H and O–H groups in total. The molecule has 20 heavy (non-hydrogen) atoms. The van der Waals surface area contributed by atoms with Crippen molar-refractivity contribution in [3.8, 4) is 11.8 Å². The quantitative estimate of drug-likeness (QED) is 0.772. The Balaban J connectivity index is 2.83. The summed E-state index contributed by atoms with van der Waals surface area (Å²) in [7, 11) is 1.41. The molecule has 6 nitrogen and oxygen atoms in total. The molecule has 0 atom stereocenters. The van der Waals surface area contributed by atoms with Crippen LogP contribution in [-0.2, 0) is 4.74 Å². The number of nitrogens with zero attached hydrogens (tertiary/aromatic N) is 1. The standard InChI is InChI=1S/C11H12F3NO5/c1-18-4-5-19-9-7(10(16)17)2-3-8(15-9)20-6-11(12,13)14/h2-3H,4-6H2,1H3,(H,16,17). The lowest BCUT2D eigenvalue weighted by molar-refractivity contribution is -0.154. The molecule has 0 aliphatic heterocycles. The highest BCUT2D eigenvalue weighted by atomic mass is 19.4. The second-order valence-corrected chi connectivity index (χ2v) is 3.55. The minimum atomic E-state index is -4.51. The van der Waals surface area contributed by atoms with Crippen LogP contribution in [0, 0.1) is 0 Å². The van der Waals surface area contributed by atoms with Gasteiger partial charge in [-0.1, -0.05) is 0 Å². The Kier molecular flexibility index (Phi) is 5.56. The van der Waals surface area contributed by atoms with Gasteiger partial charge in [0.15, 0.2) is 6.61 Å². The number of pyridine rings is 1. The van der Waals surface area contributed by atoms with Crippen LogP contribution in [0.5, 0.6) is 11.8 Å². The molecule has 0 radical (unpaired) electrons. The lowest BCUT2D eigenvalue weighted by Gasteiger charge is -2.11. The van der Waals surface area contributed by atoms with E-state index in [-0.39, 0.29) is 30.5 Å². The molecule has 0 amide bonds. The van der Waals surface area contributed by atoms with Crippen molar-refractivity contribution in [1.82, 2.24) is 4.98 Å². The molecule has 0 saturated heterocycles. The van der Waals surface area contributed by atoms with Crippen molar-refractivity contribution >= 4 is 5.97 Å². The van der Waals surface area contributed by atoms with E-state index < -0.39 is 18.8 Å². The van der Waals surface area contributed by atoms with Crippen molar-refractivity contribution in [3.63, 3.8) is 0 Å². The first-order valence-electron chi connectivity index (χ1n) is 5.39. The average molecular weight is 295 g/mol. The van der Waals surface area contributed by atoms with Gasteiger partial charge >= 0.3 is 12.1 Å². The molecule has 0 aliphatic carbocycles. The molecule has 0 unspecified atom stereocenters. The molecule has 0 spiro atoms. The van der Waals surface area contributed by atoms with E-state index in [9.17, 15) is 18.0 Å². The van der Waals surface area contributed by atoms with E-state index in [1.54, 1.807) is 0 Å². The Hall–Kier alpha value is -2.03. The zero-order chi connectivity index (χ0) is 15.2. The highest BCUT2D eigenvalue weighted by Crippen LogP contribution is 2.22. The third kappa shape index (κ3) is 5.31. The molecule has 0 bridgehead atoms. The smallest absolute Gasteiger partial charge is 0.422 e. The van der Waals surface area contributed by atoms with Crippen LogP contribution in [-0.4, -0.2) is 49.2 Å². The number of halogens is 3. The Bertz CT molecular complexity index is 464. The van der Waals surface area contributed by atoms with Gasteiger partial charge in [0.05, 0.1) is 6.61 Å². The van der Waals surface area contributed by atoms with Gasteiger partial charge in [-0.2, -0.15) is 18.2 Å². The first-order chi connectivity index (χ1) is 9.33. The summed E-state index contributed by atoms with van der Waals surface area (Å²) in [6, 6.07) is 2.08. The zero-order valence-corrected chi connectivity index (χ0v) is 10.4. The summed E-state index contributed by atoms with van der Waals surface area (Å²) < 4.78 is 50.2. The van der Waals surface area contributed by atoms with Crippen LogP contribution < -0.4 is 9.47 Å². The van der Waals surface area contributed by atoms with E-state index in [2.05, 4.69) is 9.72 Å². The summed E-state index contributed by atoms with van der Waals surface area (Å²) in [6.07, 6.45) is -4.51. The van der Waals surface area contributed by atoms with Gasteiger partial charge in [-0.25, -0.2) is 4.79 Å². The zero-order valence-electron chi connectivity index (χ0n) is 10.4. The fourth-order valence-corrected chi connectivity index (χ4v) is 1.15. The maximum absolute atomic E-state index is 12.0. The molecule has 1 aromatic rings. The number of carboxylic acid groups (broad SMARTS) is 1. The van der Waals surface area contributed by atoms with Crippen LogP contribution in [0.15, 0.2) is 12.1 Å². The fraction of sp³-hybridized carbons (Fsp3) is 0.455. The highest BCUT2D eigenvalue weighted by molar-refractivity contribution is 5.90. The number of hydrogen-bond acceptors (Lipinski definition) is 5. The van der Waals surface area contributed by atoms with E-state index in [1.807, 2.05) is 0 Å². The fourth-order valence-electron chi connectivity index (χ4n) is 1.15. The summed E-state index contributed by atoms with van der Waals surface area (Å²) in [5, 5.41) is 8.90. The van der Waals surface area contributed by atoms with Crippen LogP contribution in [0.4, 0.5) is 13.2 Å². The number of aromatic nitrogens is 1. The maximum atomic E-state index is 12.0. The van der Waals surface area contributed by atoms with Gasteiger partial charge in [0, 0.05) is 13.2 Å². The van der Waals surface area contributed by atoms with E-state index in [1.165, 1.54) is 7.11 Å². The second-order valence-electron chi connectivity index (χ2n) is 3.55. The van der Waals surface area contributed by atoms with Gasteiger partial charge in [-0.15, -0.1) is 0 Å². The summed E-state index contributed by atoms with van der Waals surface area (Å²) in [6.45, 7) is -1.34. The summed E-state index contributed by atoms with van der Waals surface area (Å²) in [5.41, 5.74) is -0.277. The van der Waals surface area contributed by atoms with Crippen LogP contribution in [0.25, 0.3) is 0 Å². The number of carbonyl (C=O) groups is 1. The molecular formula is C11H12F3NO5. The molecule has 0 aromatic carbocycles. The van der Waals surface area contributed by atoms with E-state index >= 15 is 0 Å². The van der Waals surface area contributed by atoms with E-state index in [0.29, 0.717) is 0 Å². The summed E-state index contributed by atoms with van der Waals surface area (Å²) >= 11 is 0. The van der Waals surface area contributed by atoms with Crippen LogP contribution in [0.3, 0.4) is 0 Å². The largest absolute Gasteiger partial charge is 0.477 e. The molecule has 1 aromatic heterocycles. The topological polar surface area (TPSA) is 77.9 Å². The number of hydrogen-bond donors (Lipinski definition) is 1.